The molecule has 0 aromatic rings. The molecule has 3 unspecified atom stereocenters. The number of rotatable bonds is 7. The average Bonchev–Trinajstić information content (AvgIpc) is 3.01. The minimum Gasteiger partial charge on any atom is -0.377 e. The van der Waals surface area contributed by atoms with Gasteiger partial charge in [-0.2, -0.15) is 0 Å². The molecule has 3 heteroatoms. The third kappa shape index (κ3) is 3.96. The first kappa shape index (κ1) is 16.3. The highest BCUT2D eigenvalue weighted by molar-refractivity contribution is 4.97. The maximum atomic E-state index is 5.81. The van der Waals surface area contributed by atoms with E-state index < -0.39 is 0 Å². The maximum absolute atomic E-state index is 5.81. The van der Waals surface area contributed by atoms with Crippen LogP contribution in [-0.4, -0.2) is 49.8 Å². The molecular formula is C17H34N2O. The number of likely N-dealkylation sites (N-methyl/N-ethyl adjacent to an activating group) is 1. The van der Waals surface area contributed by atoms with Gasteiger partial charge in [-0.3, -0.25) is 0 Å². The molecule has 0 aromatic carbocycles. The predicted octanol–water partition coefficient (Wildman–Crippen LogP) is 2.90. The second-order valence-electron chi connectivity index (χ2n) is 7.31. The van der Waals surface area contributed by atoms with Gasteiger partial charge in [0.15, 0.2) is 0 Å². The Kier molecular flexibility index (Phi) is 5.88. The first-order valence-corrected chi connectivity index (χ1v) is 8.64. The van der Waals surface area contributed by atoms with Gasteiger partial charge in [0, 0.05) is 25.7 Å². The van der Waals surface area contributed by atoms with Gasteiger partial charge in [0.1, 0.15) is 0 Å². The highest BCUT2D eigenvalue weighted by atomic mass is 16.5. The molecule has 1 saturated carbocycles. The third-order valence-corrected chi connectivity index (χ3v) is 5.32. The van der Waals surface area contributed by atoms with Crippen molar-refractivity contribution in [3.05, 3.63) is 0 Å². The van der Waals surface area contributed by atoms with Crippen LogP contribution < -0.4 is 5.32 Å². The van der Waals surface area contributed by atoms with Gasteiger partial charge in [-0.25, -0.2) is 0 Å². The van der Waals surface area contributed by atoms with Crippen LogP contribution >= 0.6 is 0 Å². The van der Waals surface area contributed by atoms with Crippen molar-refractivity contribution in [2.24, 2.45) is 11.3 Å². The minimum absolute atomic E-state index is 0.448. The van der Waals surface area contributed by atoms with Crippen molar-refractivity contribution < 1.29 is 4.74 Å². The number of hydrogen-bond acceptors (Lipinski definition) is 3. The zero-order valence-corrected chi connectivity index (χ0v) is 14.0. The molecule has 1 N–H and O–H groups in total. The summed E-state index contributed by atoms with van der Waals surface area (Å²) in [4.78, 5) is 2.62. The van der Waals surface area contributed by atoms with Crippen LogP contribution in [0.15, 0.2) is 0 Å². The summed E-state index contributed by atoms with van der Waals surface area (Å²) >= 11 is 0. The van der Waals surface area contributed by atoms with E-state index in [0.29, 0.717) is 17.6 Å². The summed E-state index contributed by atoms with van der Waals surface area (Å²) in [5.41, 5.74) is 0.448. The first-order valence-electron chi connectivity index (χ1n) is 8.64. The Morgan fingerprint density at radius 1 is 1.20 bits per heavy atom. The second kappa shape index (κ2) is 7.24. The number of nitrogens with zero attached hydrogens (tertiary/aromatic N) is 1. The summed E-state index contributed by atoms with van der Waals surface area (Å²) in [5.74, 6) is 0.798. The van der Waals surface area contributed by atoms with E-state index in [0.717, 1.165) is 32.2 Å². The Hall–Kier alpha value is -0.120. The molecule has 3 nitrogen and oxygen atoms in total. The van der Waals surface area contributed by atoms with Gasteiger partial charge in [-0.1, -0.05) is 27.7 Å². The summed E-state index contributed by atoms with van der Waals surface area (Å²) in [5, 5.41) is 3.75. The Balaban J connectivity index is 1.88. The molecule has 1 heterocycles. The highest BCUT2D eigenvalue weighted by Crippen LogP contribution is 2.41. The number of ether oxygens (including phenoxy) is 1. The molecule has 0 radical (unpaired) electrons. The fourth-order valence-corrected chi connectivity index (χ4v) is 4.12. The Labute approximate surface area is 125 Å². The maximum Gasteiger partial charge on any atom is 0.0702 e. The van der Waals surface area contributed by atoms with Gasteiger partial charge in [0.05, 0.1) is 6.10 Å². The summed E-state index contributed by atoms with van der Waals surface area (Å²) in [7, 11) is 0. The van der Waals surface area contributed by atoms with Crippen molar-refractivity contribution in [2.45, 2.75) is 65.5 Å². The van der Waals surface area contributed by atoms with Crippen molar-refractivity contribution >= 4 is 0 Å². The topological polar surface area (TPSA) is 24.5 Å². The molecule has 0 aromatic heterocycles. The van der Waals surface area contributed by atoms with E-state index in [1.165, 1.54) is 32.2 Å². The largest absolute Gasteiger partial charge is 0.377 e. The molecule has 2 fully saturated rings. The highest BCUT2D eigenvalue weighted by Gasteiger charge is 2.41. The normalized spacial score (nSPS) is 33.1. The standard InChI is InChI=1S/C17H34N2O/c1-5-18-16-14(9-10-17(16,3)4)12-19(6-2)13-15-8-7-11-20-15/h14-16,18H,5-13H2,1-4H3. The van der Waals surface area contributed by atoms with E-state index >= 15 is 0 Å². The fraction of sp³-hybridized carbons (Fsp3) is 1.00. The van der Waals surface area contributed by atoms with E-state index in [1.807, 2.05) is 0 Å². The molecule has 0 bridgehead atoms. The average molecular weight is 282 g/mol. The van der Waals surface area contributed by atoms with Crippen LogP contribution in [0.1, 0.15) is 53.4 Å². The van der Waals surface area contributed by atoms with Crippen molar-refractivity contribution in [1.29, 1.82) is 0 Å². The molecule has 3 atom stereocenters. The summed E-state index contributed by atoms with van der Waals surface area (Å²) in [6.07, 6.45) is 5.71. The van der Waals surface area contributed by atoms with Gasteiger partial charge >= 0.3 is 0 Å². The molecular weight excluding hydrogens is 248 g/mol. The fourth-order valence-electron chi connectivity index (χ4n) is 4.12. The van der Waals surface area contributed by atoms with Crippen molar-refractivity contribution in [3.63, 3.8) is 0 Å². The molecule has 1 saturated heterocycles. The van der Waals surface area contributed by atoms with Crippen molar-refractivity contribution in [1.82, 2.24) is 10.2 Å². The first-order chi connectivity index (χ1) is 9.56. The number of hydrogen-bond donors (Lipinski definition) is 1. The van der Waals surface area contributed by atoms with Crippen LogP contribution in [0.25, 0.3) is 0 Å². The molecule has 118 valence electrons. The van der Waals surface area contributed by atoms with Gasteiger partial charge in [-0.05, 0) is 50.1 Å². The third-order valence-electron chi connectivity index (χ3n) is 5.32. The monoisotopic (exact) mass is 282 g/mol. The van der Waals surface area contributed by atoms with Gasteiger partial charge < -0.3 is 15.0 Å². The van der Waals surface area contributed by atoms with E-state index in [-0.39, 0.29) is 0 Å². The van der Waals surface area contributed by atoms with Crippen LogP contribution in [0.5, 0.6) is 0 Å². The molecule has 2 aliphatic rings. The van der Waals surface area contributed by atoms with Crippen LogP contribution in [0.4, 0.5) is 0 Å². The lowest BCUT2D eigenvalue weighted by molar-refractivity contribution is 0.0664. The summed E-state index contributed by atoms with van der Waals surface area (Å²) < 4.78 is 5.81. The predicted molar refractivity (Wildman–Crippen MR) is 85.1 cm³/mol. The van der Waals surface area contributed by atoms with Crippen LogP contribution in [-0.2, 0) is 4.74 Å². The number of nitrogens with one attached hydrogen (secondary N) is 1. The smallest absolute Gasteiger partial charge is 0.0702 e. The molecule has 1 aliphatic carbocycles. The van der Waals surface area contributed by atoms with E-state index in [4.69, 9.17) is 4.74 Å². The SMILES string of the molecule is CCNC1C(CN(CC)CC2CCCO2)CCC1(C)C. The lowest BCUT2D eigenvalue weighted by Crippen LogP contribution is -2.46. The summed E-state index contributed by atoms with van der Waals surface area (Å²) in [6, 6.07) is 0.672. The van der Waals surface area contributed by atoms with Crippen LogP contribution in [0.3, 0.4) is 0 Å². The minimum atomic E-state index is 0.448. The second-order valence-corrected chi connectivity index (χ2v) is 7.31. The zero-order valence-electron chi connectivity index (χ0n) is 14.0. The van der Waals surface area contributed by atoms with Crippen LogP contribution in [0.2, 0.25) is 0 Å². The van der Waals surface area contributed by atoms with E-state index in [2.05, 4.69) is 37.9 Å². The van der Waals surface area contributed by atoms with E-state index in [9.17, 15) is 0 Å². The van der Waals surface area contributed by atoms with E-state index in [1.54, 1.807) is 0 Å². The van der Waals surface area contributed by atoms with Gasteiger partial charge in [0.2, 0.25) is 0 Å². The van der Waals surface area contributed by atoms with Gasteiger partial charge in [0.25, 0.3) is 0 Å². The molecule has 0 spiro atoms. The van der Waals surface area contributed by atoms with Crippen molar-refractivity contribution in [2.75, 3.05) is 32.8 Å². The molecule has 1 aliphatic heterocycles. The zero-order chi connectivity index (χ0) is 14.6. The van der Waals surface area contributed by atoms with Crippen molar-refractivity contribution in [3.8, 4) is 0 Å². The Morgan fingerprint density at radius 3 is 2.60 bits per heavy atom. The lowest BCUT2D eigenvalue weighted by atomic mass is 9.84. The van der Waals surface area contributed by atoms with Gasteiger partial charge in [-0.15, -0.1) is 0 Å². The molecule has 0 amide bonds. The quantitative estimate of drug-likeness (QED) is 0.777. The Morgan fingerprint density at radius 2 is 2.00 bits per heavy atom. The Bertz CT molecular complexity index is 287. The molecule has 20 heavy (non-hydrogen) atoms. The lowest BCUT2D eigenvalue weighted by Gasteiger charge is -2.34. The summed E-state index contributed by atoms with van der Waals surface area (Å²) in [6.45, 7) is 14.9. The van der Waals surface area contributed by atoms with Crippen LogP contribution in [0, 0.1) is 11.3 Å². The molecule has 2 rings (SSSR count).